The average molecular weight is 1210 g/mol. The number of nitrogens with zero attached hydrogens (tertiary/aromatic N) is 2. The van der Waals surface area contributed by atoms with E-state index in [1.807, 2.05) is 22.7 Å². The molecule has 2 heterocycles. The van der Waals surface area contributed by atoms with E-state index in [2.05, 4.69) is 332 Å². The van der Waals surface area contributed by atoms with Crippen molar-refractivity contribution in [2.24, 2.45) is 0 Å². The van der Waals surface area contributed by atoms with Gasteiger partial charge in [0.25, 0.3) is 0 Å². The fourth-order valence-corrected chi connectivity index (χ4v) is 17.5. The van der Waals surface area contributed by atoms with Crippen LogP contribution in [0, 0.1) is 13.8 Å². The predicted molar refractivity (Wildman–Crippen MR) is 394 cm³/mol. The van der Waals surface area contributed by atoms with Crippen LogP contribution in [0.15, 0.2) is 243 Å². The maximum atomic E-state index is 2.45. The summed E-state index contributed by atoms with van der Waals surface area (Å²) in [5.74, 6) is 0. The van der Waals surface area contributed by atoms with Gasteiger partial charge in [-0.3, -0.25) is 0 Å². The Morgan fingerprint density at radius 3 is 0.857 bits per heavy atom. The number of anilines is 6. The quantitative estimate of drug-likeness (QED) is 0.126. The molecule has 0 bridgehead atoms. The first kappa shape index (κ1) is 55.2. The molecule has 0 unspecified atom stereocenters. The average Bonchev–Trinajstić information content (AvgIpc) is 1.61. The Balaban J connectivity index is 0.615. The number of hydrogen-bond donors (Lipinski definition) is 0. The monoisotopic (exact) mass is 1200 g/mol. The van der Waals surface area contributed by atoms with Crippen molar-refractivity contribution < 1.29 is 0 Å². The van der Waals surface area contributed by atoms with Gasteiger partial charge >= 0.3 is 0 Å². The van der Waals surface area contributed by atoms with Gasteiger partial charge in [0, 0.05) is 90.7 Å². The molecule has 12 aromatic carbocycles. The lowest BCUT2D eigenvalue weighted by molar-refractivity contribution is 0.660. The van der Waals surface area contributed by atoms with Gasteiger partial charge in [0.05, 0.1) is 0 Å². The summed E-state index contributed by atoms with van der Waals surface area (Å²) < 4.78 is 5.27. The molecule has 14 aromatic rings. The van der Waals surface area contributed by atoms with Crippen LogP contribution in [0.5, 0.6) is 0 Å². The summed E-state index contributed by atoms with van der Waals surface area (Å²) in [6.07, 6.45) is 9.22. The van der Waals surface area contributed by atoms with Gasteiger partial charge in [0.2, 0.25) is 0 Å². The second kappa shape index (κ2) is 20.6. The highest BCUT2D eigenvalue weighted by molar-refractivity contribution is 7.26. The summed E-state index contributed by atoms with van der Waals surface area (Å²) in [5.41, 5.74) is 29.8. The molecule has 0 radical (unpaired) electrons. The van der Waals surface area contributed by atoms with Gasteiger partial charge in [-0.25, -0.2) is 0 Å². The third kappa shape index (κ3) is 8.93. The largest absolute Gasteiger partial charge is 0.310 e. The first-order chi connectivity index (χ1) is 44.1. The molecule has 0 N–H and O–H groups in total. The van der Waals surface area contributed by atoms with Crippen LogP contribution in [0.3, 0.4) is 0 Å². The molecule has 17 rings (SSSR count). The molecular weight excluding hydrogens is 1140 g/mol. The molecule has 2 nitrogen and oxygen atoms in total. The lowest BCUT2D eigenvalue weighted by atomic mass is 9.81. The molecule has 0 saturated carbocycles. The highest BCUT2D eigenvalue weighted by Crippen LogP contribution is 2.55. The van der Waals surface area contributed by atoms with E-state index < -0.39 is 0 Å². The molecular formula is C87H68N2S2. The normalized spacial score (nSPS) is 14.5. The minimum absolute atomic E-state index is 0.164. The van der Waals surface area contributed by atoms with Gasteiger partial charge in [0.15, 0.2) is 0 Å². The molecule has 91 heavy (non-hydrogen) atoms. The fourth-order valence-electron chi connectivity index (χ4n) is 15.3. The van der Waals surface area contributed by atoms with Crippen molar-refractivity contribution in [1.82, 2.24) is 0 Å². The molecule has 3 aliphatic carbocycles. The Hall–Kier alpha value is -9.84. The van der Waals surface area contributed by atoms with Crippen molar-refractivity contribution in [2.45, 2.75) is 71.6 Å². The van der Waals surface area contributed by atoms with Crippen molar-refractivity contribution >= 4 is 121 Å². The van der Waals surface area contributed by atoms with Gasteiger partial charge in [-0.05, 0) is 200 Å². The van der Waals surface area contributed by atoms with Gasteiger partial charge < -0.3 is 9.80 Å². The van der Waals surface area contributed by atoms with E-state index in [1.165, 1.54) is 140 Å². The standard InChI is InChI=1S/C87H68N2S2/c1-53-17-29-59(30-18-53)88(61-35-43-83-73(49-61)71-13-9-11-15-81(71)90-83)63-33-41-69-67-39-27-57(47-77(67)86(5,6)79(69)51-63)23-21-55-25-37-65-66-38-26-56(46-76(66)85(3,4)75(65)45-55)22-24-58-28-40-68-70-42-34-64(52-80(70)87(7,8)78(68)48-58)89(60-31-19-54(2)20-32-60)62-36-44-84-74(50-62)72-14-10-12-16-82(72)91-84/h9-52H,1-8H3. The van der Waals surface area contributed by atoms with E-state index in [0.717, 1.165) is 34.1 Å². The number of hydrogen-bond acceptors (Lipinski definition) is 4. The molecule has 0 atom stereocenters. The maximum absolute atomic E-state index is 2.45. The second-order valence-electron chi connectivity index (χ2n) is 27.1. The van der Waals surface area contributed by atoms with Crippen LogP contribution in [0.4, 0.5) is 34.1 Å². The number of fused-ring (bicyclic) bond motifs is 15. The zero-order chi connectivity index (χ0) is 61.7. The van der Waals surface area contributed by atoms with Crippen LogP contribution in [0.2, 0.25) is 0 Å². The van der Waals surface area contributed by atoms with Gasteiger partial charge in [-0.2, -0.15) is 0 Å². The van der Waals surface area contributed by atoms with Crippen LogP contribution in [0.1, 0.15) is 108 Å². The van der Waals surface area contributed by atoms with E-state index in [4.69, 9.17) is 0 Å². The van der Waals surface area contributed by atoms with E-state index in [1.54, 1.807) is 0 Å². The molecule has 3 aliphatic rings. The van der Waals surface area contributed by atoms with Crippen molar-refractivity contribution in [1.29, 1.82) is 0 Å². The van der Waals surface area contributed by atoms with Gasteiger partial charge in [0.1, 0.15) is 0 Å². The minimum atomic E-state index is -0.200. The third-order valence-corrected chi connectivity index (χ3v) is 22.7. The van der Waals surface area contributed by atoms with Gasteiger partial charge in [-0.15, -0.1) is 22.7 Å². The maximum Gasteiger partial charge on any atom is 0.0468 e. The molecule has 4 heteroatoms. The van der Waals surface area contributed by atoms with E-state index in [0.29, 0.717) is 0 Å². The number of thiophene rings is 2. The molecule has 0 amide bonds. The summed E-state index contributed by atoms with van der Waals surface area (Å²) >= 11 is 3.73. The van der Waals surface area contributed by atoms with Crippen molar-refractivity contribution in [2.75, 3.05) is 9.80 Å². The van der Waals surface area contributed by atoms with Crippen molar-refractivity contribution in [3.63, 3.8) is 0 Å². The van der Waals surface area contributed by atoms with Crippen LogP contribution >= 0.6 is 22.7 Å². The first-order valence-electron chi connectivity index (χ1n) is 31.9. The summed E-state index contributed by atoms with van der Waals surface area (Å²) in [5, 5.41) is 5.22. The second-order valence-corrected chi connectivity index (χ2v) is 29.3. The number of benzene rings is 12. The van der Waals surface area contributed by atoms with E-state index in [-0.39, 0.29) is 16.2 Å². The number of rotatable bonds is 10. The smallest absolute Gasteiger partial charge is 0.0468 e. The van der Waals surface area contributed by atoms with Gasteiger partial charge in [-0.1, -0.05) is 223 Å². The molecule has 2 aromatic heterocycles. The van der Waals surface area contributed by atoms with Crippen LogP contribution < -0.4 is 9.80 Å². The summed E-state index contributed by atoms with van der Waals surface area (Å²) in [6, 6.07) is 91.9. The summed E-state index contributed by atoms with van der Waals surface area (Å²) in [6.45, 7) is 18.7. The third-order valence-electron chi connectivity index (χ3n) is 20.4. The predicted octanol–water partition coefficient (Wildman–Crippen LogP) is 25.2. The zero-order valence-electron chi connectivity index (χ0n) is 52.6. The molecule has 0 saturated heterocycles. The summed E-state index contributed by atoms with van der Waals surface area (Å²) in [7, 11) is 0. The SMILES string of the molecule is Cc1ccc(N(c2ccc3c(c2)C(C)(C)c2cc(C=Cc4ccc5c(c4)C(C)(C)c4cc(C=Cc6ccc7c(c6)C(C)(C)c6cc(N(c8ccc(C)cc8)c8ccc9sc%10ccccc%10c9c8)ccc6-7)ccc4-5)ccc2-3)c2ccc3sc4ccccc4c3c2)cc1. The molecule has 0 spiro atoms. The van der Waals surface area contributed by atoms with E-state index >= 15 is 0 Å². The Morgan fingerprint density at radius 1 is 0.253 bits per heavy atom. The molecule has 0 fully saturated rings. The minimum Gasteiger partial charge on any atom is -0.310 e. The van der Waals surface area contributed by atoms with Crippen LogP contribution in [-0.4, -0.2) is 0 Å². The topological polar surface area (TPSA) is 6.48 Å². The molecule has 0 aliphatic heterocycles. The van der Waals surface area contributed by atoms with Crippen molar-refractivity contribution in [3.05, 3.63) is 309 Å². The fraction of sp³-hybridized carbons (Fsp3) is 0.126. The lowest BCUT2D eigenvalue weighted by Gasteiger charge is -2.28. The zero-order valence-corrected chi connectivity index (χ0v) is 54.2. The van der Waals surface area contributed by atoms with Crippen molar-refractivity contribution in [3.8, 4) is 33.4 Å². The number of aryl methyl sites for hydroxylation is 2. The Kier molecular flexibility index (Phi) is 12.5. The lowest BCUT2D eigenvalue weighted by Crippen LogP contribution is -2.16. The summed E-state index contributed by atoms with van der Waals surface area (Å²) in [4.78, 5) is 4.87. The Labute approximate surface area is 542 Å². The van der Waals surface area contributed by atoms with E-state index in [9.17, 15) is 0 Å². The highest BCUT2D eigenvalue weighted by Gasteiger charge is 2.39. The molecule has 438 valence electrons. The Bertz CT molecular complexity index is 5070. The first-order valence-corrected chi connectivity index (χ1v) is 33.6. The van der Waals surface area contributed by atoms with Crippen LogP contribution in [0.25, 0.3) is 98.0 Å². The Morgan fingerprint density at radius 2 is 0.516 bits per heavy atom. The van der Waals surface area contributed by atoms with Crippen LogP contribution in [-0.2, 0) is 16.2 Å². The highest BCUT2D eigenvalue weighted by atomic mass is 32.1.